The molecule has 1 aliphatic rings. The van der Waals surface area contributed by atoms with E-state index in [0.29, 0.717) is 16.5 Å². The summed E-state index contributed by atoms with van der Waals surface area (Å²) in [4.78, 5) is 8.06. The largest absolute Gasteiger partial charge is 0.453 e. The van der Waals surface area contributed by atoms with E-state index in [0.717, 1.165) is 53.4 Å². The molecule has 180 valence electrons. The molecule has 0 atom stereocenters. The highest BCUT2D eigenvalue weighted by Gasteiger charge is 2.14. The van der Waals surface area contributed by atoms with Crippen LogP contribution in [0, 0.1) is 5.82 Å². The van der Waals surface area contributed by atoms with Gasteiger partial charge in [0, 0.05) is 68.7 Å². The predicted molar refractivity (Wildman–Crippen MR) is 145 cm³/mol. The van der Waals surface area contributed by atoms with Crippen LogP contribution in [0.4, 0.5) is 10.1 Å². The summed E-state index contributed by atoms with van der Waals surface area (Å²) in [5.41, 5.74) is 3.81. The number of benzene rings is 2. The number of ether oxygens (including phenoxy) is 1. The normalized spacial score (nSPS) is 14.1. The van der Waals surface area contributed by atoms with Crippen LogP contribution in [0.1, 0.15) is 5.56 Å². The highest BCUT2D eigenvalue weighted by Crippen LogP contribution is 2.39. The Morgan fingerprint density at radius 1 is 1.11 bits per heavy atom. The number of thiocarbonyl (C=S) groups is 1. The lowest BCUT2D eigenvalue weighted by Crippen LogP contribution is -2.42. The molecule has 9 heteroatoms. The topological polar surface area (TPSA) is 61.5 Å². The monoisotopic (exact) mass is 507 g/mol. The van der Waals surface area contributed by atoms with Crippen LogP contribution in [0.3, 0.4) is 0 Å². The SMILES string of the molecule is CNC(=S)Nc1ccc(Oc2ccnc3cc(-c4ccc(CN5CCNCC5)cc4)sc23)c(F)c1. The molecule has 1 saturated heterocycles. The second-order valence-corrected chi connectivity index (χ2v) is 9.77. The highest BCUT2D eigenvalue weighted by molar-refractivity contribution is 7.80. The first-order valence-corrected chi connectivity index (χ1v) is 12.7. The van der Waals surface area contributed by atoms with Crippen LogP contribution in [0.5, 0.6) is 11.5 Å². The summed E-state index contributed by atoms with van der Waals surface area (Å²) in [5, 5.41) is 9.52. The molecule has 0 bridgehead atoms. The predicted octanol–water partition coefficient (Wildman–Crippen LogP) is 5.22. The van der Waals surface area contributed by atoms with Gasteiger partial charge < -0.3 is 20.7 Å². The van der Waals surface area contributed by atoms with Gasteiger partial charge in [0.1, 0.15) is 5.75 Å². The zero-order valence-corrected chi connectivity index (χ0v) is 20.9. The van der Waals surface area contributed by atoms with E-state index in [1.807, 2.05) is 0 Å². The number of aromatic nitrogens is 1. The Morgan fingerprint density at radius 3 is 2.66 bits per heavy atom. The zero-order valence-electron chi connectivity index (χ0n) is 19.3. The standard InChI is InChI=1S/C26H26FN5OS2/c1-28-26(34)31-19-6-7-22(20(27)14-19)33-23-8-9-30-21-15-24(35-25(21)23)18-4-2-17(3-5-18)16-32-12-10-29-11-13-32/h2-9,14-15,29H,10-13,16H2,1H3,(H2,28,31,34). The van der Waals surface area contributed by atoms with Gasteiger partial charge in [-0.25, -0.2) is 4.39 Å². The minimum atomic E-state index is -0.476. The lowest BCUT2D eigenvalue weighted by molar-refractivity contribution is 0.233. The minimum Gasteiger partial charge on any atom is -0.453 e. The lowest BCUT2D eigenvalue weighted by atomic mass is 10.1. The molecule has 0 spiro atoms. The minimum absolute atomic E-state index is 0.144. The summed E-state index contributed by atoms with van der Waals surface area (Å²) in [6.45, 7) is 5.22. The van der Waals surface area contributed by atoms with E-state index in [4.69, 9.17) is 17.0 Å². The van der Waals surface area contributed by atoms with Crippen molar-refractivity contribution in [1.82, 2.24) is 20.5 Å². The summed E-state index contributed by atoms with van der Waals surface area (Å²) >= 11 is 6.66. The summed E-state index contributed by atoms with van der Waals surface area (Å²) in [6.07, 6.45) is 1.68. The number of anilines is 1. The molecule has 2 aromatic carbocycles. The zero-order chi connectivity index (χ0) is 24.2. The quantitative estimate of drug-likeness (QED) is 0.310. The van der Waals surface area contributed by atoms with Crippen molar-refractivity contribution < 1.29 is 9.13 Å². The van der Waals surface area contributed by atoms with Gasteiger partial charge in [-0.2, -0.15) is 0 Å². The van der Waals surface area contributed by atoms with Crippen LogP contribution in [0.2, 0.25) is 0 Å². The van der Waals surface area contributed by atoms with Crippen LogP contribution in [0.15, 0.2) is 60.8 Å². The Morgan fingerprint density at radius 2 is 1.91 bits per heavy atom. The maximum absolute atomic E-state index is 14.7. The molecule has 2 aromatic heterocycles. The van der Waals surface area contributed by atoms with Gasteiger partial charge >= 0.3 is 0 Å². The van der Waals surface area contributed by atoms with E-state index in [1.54, 1.807) is 42.8 Å². The number of hydrogen-bond donors (Lipinski definition) is 3. The molecule has 0 unspecified atom stereocenters. The molecule has 0 saturated carbocycles. The number of nitrogens with one attached hydrogen (secondary N) is 3. The fraction of sp³-hybridized carbons (Fsp3) is 0.231. The van der Waals surface area contributed by atoms with E-state index in [-0.39, 0.29) is 5.75 Å². The molecule has 0 aliphatic carbocycles. The Balaban J connectivity index is 1.34. The number of halogens is 1. The average Bonchev–Trinajstić information content (AvgIpc) is 3.32. The smallest absolute Gasteiger partial charge is 0.170 e. The molecular weight excluding hydrogens is 481 g/mol. The summed E-state index contributed by atoms with van der Waals surface area (Å²) < 4.78 is 21.6. The molecule has 3 heterocycles. The second kappa shape index (κ2) is 10.7. The van der Waals surface area contributed by atoms with E-state index in [9.17, 15) is 4.39 Å². The van der Waals surface area contributed by atoms with Gasteiger partial charge in [-0.15, -0.1) is 11.3 Å². The molecule has 6 nitrogen and oxygen atoms in total. The number of thiophene rings is 1. The summed E-state index contributed by atoms with van der Waals surface area (Å²) in [7, 11) is 1.70. The van der Waals surface area contributed by atoms with Gasteiger partial charge in [0.15, 0.2) is 16.7 Å². The number of fused-ring (bicyclic) bond motifs is 1. The lowest BCUT2D eigenvalue weighted by Gasteiger charge is -2.27. The fourth-order valence-corrected chi connectivity index (χ4v) is 5.20. The Bertz CT molecular complexity index is 1340. The van der Waals surface area contributed by atoms with E-state index >= 15 is 0 Å². The third kappa shape index (κ3) is 5.59. The van der Waals surface area contributed by atoms with Gasteiger partial charge in [-0.05, 0) is 41.5 Å². The maximum Gasteiger partial charge on any atom is 0.170 e. The molecule has 1 fully saturated rings. The van der Waals surface area contributed by atoms with Crippen molar-refractivity contribution in [2.45, 2.75) is 6.54 Å². The van der Waals surface area contributed by atoms with Crippen LogP contribution in [-0.2, 0) is 6.54 Å². The van der Waals surface area contributed by atoms with E-state index in [1.165, 1.54) is 11.6 Å². The first-order chi connectivity index (χ1) is 17.1. The van der Waals surface area contributed by atoms with Gasteiger partial charge in [-0.1, -0.05) is 24.3 Å². The van der Waals surface area contributed by atoms with Crippen LogP contribution < -0.4 is 20.7 Å². The molecule has 4 aromatic rings. The molecule has 0 radical (unpaired) electrons. The number of rotatable bonds is 6. The van der Waals surface area contributed by atoms with Gasteiger partial charge in [0.25, 0.3) is 0 Å². The fourth-order valence-electron chi connectivity index (χ4n) is 4.01. The van der Waals surface area contributed by atoms with E-state index < -0.39 is 5.82 Å². The third-order valence-electron chi connectivity index (χ3n) is 5.87. The van der Waals surface area contributed by atoms with Gasteiger partial charge in [0.05, 0.1) is 10.2 Å². The van der Waals surface area contributed by atoms with Crippen molar-refractivity contribution in [3.8, 4) is 21.9 Å². The van der Waals surface area contributed by atoms with Crippen LogP contribution >= 0.6 is 23.6 Å². The number of pyridine rings is 1. The van der Waals surface area contributed by atoms with Crippen molar-refractivity contribution in [2.75, 3.05) is 38.5 Å². The molecule has 3 N–H and O–H groups in total. The highest BCUT2D eigenvalue weighted by atomic mass is 32.1. The number of piperazine rings is 1. The van der Waals surface area contributed by atoms with Crippen molar-refractivity contribution >= 4 is 44.6 Å². The van der Waals surface area contributed by atoms with E-state index in [2.05, 4.69) is 56.2 Å². The Kier molecular flexibility index (Phi) is 7.19. The first-order valence-electron chi connectivity index (χ1n) is 11.5. The molecular formula is C26H26FN5OS2. The van der Waals surface area contributed by atoms with Crippen molar-refractivity contribution in [1.29, 1.82) is 0 Å². The third-order valence-corrected chi connectivity index (χ3v) is 7.36. The molecule has 1 aliphatic heterocycles. The number of hydrogen-bond acceptors (Lipinski definition) is 6. The molecule has 5 rings (SSSR count). The summed E-state index contributed by atoms with van der Waals surface area (Å²) in [6, 6.07) is 17.2. The number of nitrogens with zero attached hydrogens (tertiary/aromatic N) is 2. The van der Waals surface area contributed by atoms with Gasteiger partial charge in [0.2, 0.25) is 0 Å². The van der Waals surface area contributed by atoms with Crippen LogP contribution in [-0.4, -0.2) is 48.2 Å². The van der Waals surface area contributed by atoms with Crippen molar-refractivity contribution in [3.05, 3.63) is 72.2 Å². The maximum atomic E-state index is 14.7. The van der Waals surface area contributed by atoms with Crippen LogP contribution in [0.25, 0.3) is 20.7 Å². The van der Waals surface area contributed by atoms with Crippen molar-refractivity contribution in [3.63, 3.8) is 0 Å². The van der Waals surface area contributed by atoms with Gasteiger partial charge in [-0.3, -0.25) is 9.88 Å². The first kappa shape index (κ1) is 23.6. The molecule has 35 heavy (non-hydrogen) atoms. The van der Waals surface area contributed by atoms with Crippen molar-refractivity contribution in [2.24, 2.45) is 0 Å². The average molecular weight is 508 g/mol. The molecule has 0 amide bonds. The summed E-state index contributed by atoms with van der Waals surface area (Å²) in [5.74, 6) is 0.244. The Hall–Kier alpha value is -3.11. The Labute approximate surface area is 213 Å². The second-order valence-electron chi connectivity index (χ2n) is 8.31.